The molecule has 0 spiro atoms. The molecule has 0 fully saturated rings. The molecule has 2 nitrogen and oxygen atoms in total. The van der Waals surface area contributed by atoms with Crippen LogP contribution in [0.3, 0.4) is 0 Å². The van der Waals surface area contributed by atoms with Crippen LogP contribution in [0.4, 0.5) is 0 Å². The second-order valence-corrected chi connectivity index (χ2v) is 5.29. The van der Waals surface area contributed by atoms with Gasteiger partial charge >= 0.3 is 0 Å². The Hall–Kier alpha value is -0.730. The van der Waals surface area contributed by atoms with E-state index in [-0.39, 0.29) is 0 Å². The van der Waals surface area contributed by atoms with E-state index in [2.05, 4.69) is 32.2 Å². The van der Waals surface area contributed by atoms with Crippen LogP contribution in [0.1, 0.15) is 45.1 Å². The third-order valence-electron chi connectivity index (χ3n) is 3.19. The van der Waals surface area contributed by atoms with Gasteiger partial charge in [0, 0.05) is 6.04 Å². The Morgan fingerprint density at radius 2 is 2.06 bits per heavy atom. The molecule has 0 radical (unpaired) electrons. The summed E-state index contributed by atoms with van der Waals surface area (Å²) in [7, 11) is 1.65. The van der Waals surface area contributed by atoms with Crippen molar-refractivity contribution in [3.8, 4) is 5.75 Å². The summed E-state index contributed by atoms with van der Waals surface area (Å²) in [5, 5.41) is 4.19. The summed E-state index contributed by atoms with van der Waals surface area (Å²) < 4.78 is 5.26. The molecule has 0 aliphatic rings. The lowest BCUT2D eigenvalue weighted by Crippen LogP contribution is -2.28. The van der Waals surface area contributed by atoms with Crippen LogP contribution in [0.15, 0.2) is 18.2 Å². The van der Waals surface area contributed by atoms with Gasteiger partial charge in [-0.25, -0.2) is 0 Å². The molecular weight excluding hydrogens is 246 g/mol. The Morgan fingerprint density at radius 3 is 2.67 bits per heavy atom. The Bertz CT molecular complexity index is 368. The zero-order chi connectivity index (χ0) is 13.5. The van der Waals surface area contributed by atoms with Crippen molar-refractivity contribution in [1.29, 1.82) is 0 Å². The first-order valence-electron chi connectivity index (χ1n) is 6.65. The van der Waals surface area contributed by atoms with Gasteiger partial charge in [-0.1, -0.05) is 31.5 Å². The van der Waals surface area contributed by atoms with Gasteiger partial charge in [0.1, 0.15) is 5.75 Å². The van der Waals surface area contributed by atoms with Crippen LogP contribution in [0.2, 0.25) is 5.02 Å². The van der Waals surface area contributed by atoms with E-state index in [1.807, 2.05) is 12.1 Å². The third-order valence-corrected chi connectivity index (χ3v) is 3.51. The normalized spacial score (nSPS) is 14.3. The number of ether oxygens (including phenoxy) is 1. The molecule has 0 aliphatic carbocycles. The molecule has 1 rings (SSSR count). The summed E-state index contributed by atoms with van der Waals surface area (Å²) in [5.74, 6) is 1.26. The van der Waals surface area contributed by atoms with Crippen molar-refractivity contribution in [2.75, 3.05) is 13.7 Å². The topological polar surface area (TPSA) is 21.3 Å². The summed E-state index contributed by atoms with van der Waals surface area (Å²) in [5.41, 5.74) is 1.28. The van der Waals surface area contributed by atoms with Crippen LogP contribution in [-0.4, -0.2) is 19.7 Å². The van der Waals surface area contributed by atoms with Crippen LogP contribution < -0.4 is 10.1 Å². The van der Waals surface area contributed by atoms with Gasteiger partial charge in [0.2, 0.25) is 0 Å². The highest BCUT2D eigenvalue weighted by atomic mass is 35.5. The van der Waals surface area contributed by atoms with E-state index in [1.165, 1.54) is 12.0 Å². The van der Waals surface area contributed by atoms with Crippen LogP contribution in [0.25, 0.3) is 0 Å². The fraction of sp³-hybridized carbons (Fsp3) is 0.600. The van der Waals surface area contributed by atoms with Crippen molar-refractivity contribution in [1.82, 2.24) is 5.32 Å². The second kappa shape index (κ2) is 7.65. The smallest absolute Gasteiger partial charge is 0.137 e. The zero-order valence-corrected chi connectivity index (χ0v) is 12.6. The van der Waals surface area contributed by atoms with Crippen LogP contribution in [0, 0.1) is 0 Å². The maximum absolute atomic E-state index is 6.04. The molecule has 3 heteroatoms. The lowest BCUT2D eigenvalue weighted by Gasteiger charge is -2.19. The molecule has 0 aromatic heterocycles. The molecular formula is C15H24ClNO. The monoisotopic (exact) mass is 269 g/mol. The predicted molar refractivity (Wildman–Crippen MR) is 78.8 cm³/mol. The van der Waals surface area contributed by atoms with Crippen molar-refractivity contribution < 1.29 is 4.74 Å². The number of rotatable bonds is 7. The first-order chi connectivity index (χ1) is 8.58. The van der Waals surface area contributed by atoms with Gasteiger partial charge in [-0.3, -0.25) is 0 Å². The van der Waals surface area contributed by atoms with Gasteiger partial charge in [-0.2, -0.15) is 0 Å². The fourth-order valence-corrected chi connectivity index (χ4v) is 2.32. The van der Waals surface area contributed by atoms with Crippen LogP contribution in [-0.2, 0) is 0 Å². The second-order valence-electron chi connectivity index (χ2n) is 4.89. The highest BCUT2D eigenvalue weighted by Crippen LogP contribution is 2.30. The summed E-state index contributed by atoms with van der Waals surface area (Å²) in [6.45, 7) is 7.75. The van der Waals surface area contributed by atoms with Gasteiger partial charge < -0.3 is 10.1 Å². The minimum Gasteiger partial charge on any atom is -0.495 e. The highest BCUT2D eigenvalue weighted by Gasteiger charge is 2.12. The van der Waals surface area contributed by atoms with Gasteiger partial charge in [-0.05, 0) is 49.9 Å². The Kier molecular flexibility index (Phi) is 6.51. The van der Waals surface area contributed by atoms with Crippen LogP contribution in [0.5, 0.6) is 5.75 Å². The lowest BCUT2D eigenvalue weighted by molar-refractivity contribution is 0.413. The Labute approximate surface area is 116 Å². The maximum Gasteiger partial charge on any atom is 0.137 e. The average Bonchev–Trinajstić information content (AvgIpc) is 2.36. The largest absolute Gasteiger partial charge is 0.495 e. The Balaban J connectivity index is 2.63. The third kappa shape index (κ3) is 4.51. The van der Waals surface area contributed by atoms with Crippen molar-refractivity contribution in [3.05, 3.63) is 28.8 Å². The number of hydrogen-bond donors (Lipinski definition) is 1. The van der Waals surface area contributed by atoms with Crippen molar-refractivity contribution in [2.24, 2.45) is 0 Å². The number of hydrogen-bond acceptors (Lipinski definition) is 2. The van der Waals surface area contributed by atoms with E-state index in [9.17, 15) is 0 Å². The summed E-state index contributed by atoms with van der Waals surface area (Å²) in [4.78, 5) is 0. The van der Waals surface area contributed by atoms with Crippen molar-refractivity contribution >= 4 is 11.6 Å². The number of methoxy groups -OCH3 is 1. The molecule has 0 amide bonds. The SMILES string of the molecule is CCCNC(C)CC(C)c1ccc(Cl)c(OC)c1. The molecule has 0 saturated carbocycles. The zero-order valence-electron chi connectivity index (χ0n) is 11.8. The summed E-state index contributed by atoms with van der Waals surface area (Å²) in [6.07, 6.45) is 2.29. The van der Waals surface area contributed by atoms with Gasteiger partial charge in [0.25, 0.3) is 0 Å². The first-order valence-corrected chi connectivity index (χ1v) is 7.03. The lowest BCUT2D eigenvalue weighted by atomic mass is 9.94. The minimum absolute atomic E-state index is 0.496. The quantitative estimate of drug-likeness (QED) is 0.800. The molecule has 0 saturated heterocycles. The van der Waals surface area contributed by atoms with Gasteiger partial charge in [-0.15, -0.1) is 0 Å². The average molecular weight is 270 g/mol. The van der Waals surface area contributed by atoms with Gasteiger partial charge in [0.05, 0.1) is 12.1 Å². The fourth-order valence-electron chi connectivity index (χ4n) is 2.12. The van der Waals surface area contributed by atoms with E-state index in [0.29, 0.717) is 17.0 Å². The molecule has 18 heavy (non-hydrogen) atoms. The molecule has 102 valence electrons. The molecule has 1 aromatic carbocycles. The maximum atomic E-state index is 6.04. The number of halogens is 1. The van der Waals surface area contributed by atoms with E-state index < -0.39 is 0 Å². The molecule has 2 unspecified atom stereocenters. The summed E-state index contributed by atoms with van der Waals surface area (Å²) >= 11 is 6.04. The summed E-state index contributed by atoms with van der Waals surface area (Å²) in [6, 6.07) is 6.57. The molecule has 1 aromatic rings. The number of nitrogens with one attached hydrogen (secondary N) is 1. The van der Waals surface area contributed by atoms with Crippen molar-refractivity contribution in [2.45, 2.75) is 45.6 Å². The van der Waals surface area contributed by atoms with E-state index in [1.54, 1.807) is 7.11 Å². The molecule has 0 heterocycles. The highest BCUT2D eigenvalue weighted by molar-refractivity contribution is 6.32. The standard InChI is InChI=1S/C15H24ClNO/c1-5-8-17-12(3)9-11(2)13-6-7-14(16)15(10-13)18-4/h6-7,10-12,17H,5,8-9H2,1-4H3. The van der Waals surface area contributed by atoms with E-state index >= 15 is 0 Å². The predicted octanol–water partition coefficient (Wildman–Crippen LogP) is 4.23. The number of benzene rings is 1. The van der Waals surface area contributed by atoms with Gasteiger partial charge in [0.15, 0.2) is 0 Å². The molecule has 2 atom stereocenters. The van der Waals surface area contributed by atoms with Crippen LogP contribution >= 0.6 is 11.6 Å². The molecule has 1 N–H and O–H groups in total. The minimum atomic E-state index is 0.496. The molecule has 0 bridgehead atoms. The van der Waals surface area contributed by atoms with Crippen molar-refractivity contribution in [3.63, 3.8) is 0 Å². The Morgan fingerprint density at radius 1 is 1.33 bits per heavy atom. The van der Waals surface area contributed by atoms with E-state index in [4.69, 9.17) is 16.3 Å². The first kappa shape index (κ1) is 15.3. The molecule has 0 aliphatic heterocycles. The van der Waals surface area contributed by atoms with E-state index in [0.717, 1.165) is 18.7 Å².